The van der Waals surface area contributed by atoms with Gasteiger partial charge in [0.05, 0.1) is 5.02 Å². The topological polar surface area (TPSA) is 26.3 Å². The van der Waals surface area contributed by atoms with Gasteiger partial charge in [-0.15, -0.1) is 0 Å². The lowest BCUT2D eigenvalue weighted by Crippen LogP contribution is -2.19. The minimum absolute atomic E-state index is 0.0167. The lowest BCUT2D eigenvalue weighted by Gasteiger charge is -2.10. The van der Waals surface area contributed by atoms with Gasteiger partial charge < -0.3 is 4.74 Å². The van der Waals surface area contributed by atoms with Crippen molar-refractivity contribution in [2.24, 2.45) is 0 Å². The van der Waals surface area contributed by atoms with E-state index in [1.165, 1.54) is 25.1 Å². The number of alkyl halides is 3. The standard InChI is InChI=1S/C10H8ClF3O2/c1-6(15)7-2-3-9(8(11)4-7)16-5-10(12,13)14/h2-4H,5H2,1H3. The Morgan fingerprint density at radius 3 is 2.50 bits per heavy atom. The fraction of sp³-hybridized carbons (Fsp3) is 0.300. The second kappa shape index (κ2) is 4.74. The third-order valence-corrected chi connectivity index (χ3v) is 2.03. The van der Waals surface area contributed by atoms with Crippen molar-refractivity contribution < 1.29 is 22.7 Å². The van der Waals surface area contributed by atoms with Crippen LogP contribution in [0.4, 0.5) is 13.2 Å². The fourth-order valence-corrected chi connectivity index (χ4v) is 1.23. The van der Waals surface area contributed by atoms with Gasteiger partial charge >= 0.3 is 6.18 Å². The van der Waals surface area contributed by atoms with Gasteiger partial charge in [-0.2, -0.15) is 13.2 Å². The molecule has 0 saturated carbocycles. The van der Waals surface area contributed by atoms with Gasteiger partial charge in [-0.25, -0.2) is 0 Å². The molecule has 0 aliphatic heterocycles. The maximum absolute atomic E-state index is 11.9. The maximum atomic E-state index is 11.9. The molecule has 0 spiro atoms. The monoisotopic (exact) mass is 252 g/mol. The number of hydrogen-bond donors (Lipinski definition) is 0. The highest BCUT2D eigenvalue weighted by molar-refractivity contribution is 6.32. The summed E-state index contributed by atoms with van der Waals surface area (Å²) in [6.45, 7) is -0.0754. The van der Waals surface area contributed by atoms with Gasteiger partial charge in [-0.05, 0) is 25.1 Å². The van der Waals surface area contributed by atoms with Crippen LogP contribution in [-0.2, 0) is 0 Å². The third-order valence-electron chi connectivity index (χ3n) is 1.73. The van der Waals surface area contributed by atoms with E-state index in [2.05, 4.69) is 4.74 Å². The van der Waals surface area contributed by atoms with Crippen LogP contribution in [0.25, 0.3) is 0 Å². The van der Waals surface area contributed by atoms with Gasteiger partial charge in [0.25, 0.3) is 0 Å². The van der Waals surface area contributed by atoms with E-state index >= 15 is 0 Å². The molecule has 0 aromatic heterocycles. The van der Waals surface area contributed by atoms with Gasteiger partial charge in [0.1, 0.15) is 5.75 Å². The lowest BCUT2D eigenvalue weighted by molar-refractivity contribution is -0.153. The van der Waals surface area contributed by atoms with Crippen LogP contribution >= 0.6 is 11.6 Å². The quantitative estimate of drug-likeness (QED) is 0.770. The number of carbonyl (C=O) groups is 1. The molecular formula is C10H8ClF3O2. The molecule has 1 rings (SSSR count). The minimum Gasteiger partial charge on any atom is -0.483 e. The number of halogens is 4. The Morgan fingerprint density at radius 1 is 1.44 bits per heavy atom. The summed E-state index contributed by atoms with van der Waals surface area (Å²) in [7, 11) is 0. The molecule has 1 aromatic carbocycles. The van der Waals surface area contributed by atoms with E-state index in [9.17, 15) is 18.0 Å². The predicted molar refractivity (Wildman–Crippen MR) is 53.0 cm³/mol. The van der Waals surface area contributed by atoms with Gasteiger partial charge in [0.15, 0.2) is 12.4 Å². The summed E-state index contributed by atoms with van der Waals surface area (Å²) in [6.07, 6.45) is -4.41. The van der Waals surface area contributed by atoms with Gasteiger partial charge in [-0.1, -0.05) is 11.6 Å². The number of benzene rings is 1. The third kappa shape index (κ3) is 3.73. The average molecular weight is 253 g/mol. The molecule has 0 N–H and O–H groups in total. The van der Waals surface area contributed by atoms with Crippen molar-refractivity contribution in [2.45, 2.75) is 13.1 Å². The molecule has 0 atom stereocenters. The molecule has 0 bridgehead atoms. The Bertz CT molecular complexity index is 402. The Kier molecular flexibility index (Phi) is 3.80. The molecule has 1 aromatic rings. The zero-order chi connectivity index (χ0) is 12.3. The maximum Gasteiger partial charge on any atom is 0.422 e. The molecule has 0 unspecified atom stereocenters. The van der Waals surface area contributed by atoms with Crippen molar-refractivity contribution >= 4 is 17.4 Å². The summed E-state index contributed by atoms with van der Waals surface area (Å²) in [5.41, 5.74) is 0.323. The second-order valence-electron chi connectivity index (χ2n) is 3.11. The van der Waals surface area contributed by atoms with Crippen LogP contribution in [0.15, 0.2) is 18.2 Å². The lowest BCUT2D eigenvalue weighted by atomic mass is 10.1. The molecule has 0 aliphatic carbocycles. The molecule has 88 valence electrons. The summed E-state index contributed by atoms with van der Waals surface area (Å²) in [4.78, 5) is 10.9. The summed E-state index contributed by atoms with van der Waals surface area (Å²) < 4.78 is 40.0. The molecular weight excluding hydrogens is 245 g/mol. The molecule has 0 heterocycles. The molecule has 2 nitrogen and oxygen atoms in total. The largest absolute Gasteiger partial charge is 0.483 e. The van der Waals surface area contributed by atoms with Crippen molar-refractivity contribution in [1.29, 1.82) is 0 Å². The molecule has 0 aliphatic rings. The van der Waals surface area contributed by atoms with Crippen LogP contribution in [0.5, 0.6) is 5.75 Å². The Balaban J connectivity index is 2.80. The van der Waals surface area contributed by atoms with E-state index in [1.54, 1.807) is 0 Å². The van der Waals surface area contributed by atoms with Crippen molar-refractivity contribution in [3.63, 3.8) is 0 Å². The minimum atomic E-state index is -4.41. The van der Waals surface area contributed by atoms with Crippen molar-refractivity contribution in [3.8, 4) is 5.75 Å². The van der Waals surface area contributed by atoms with Crippen molar-refractivity contribution in [3.05, 3.63) is 28.8 Å². The van der Waals surface area contributed by atoms with Crippen LogP contribution in [0.2, 0.25) is 5.02 Å². The van der Waals surface area contributed by atoms with Crippen LogP contribution in [0.3, 0.4) is 0 Å². The molecule has 6 heteroatoms. The normalized spacial score (nSPS) is 11.3. The number of ether oxygens (including phenoxy) is 1. The van der Waals surface area contributed by atoms with E-state index in [0.717, 1.165) is 0 Å². The smallest absolute Gasteiger partial charge is 0.422 e. The van der Waals surface area contributed by atoms with Gasteiger partial charge in [0.2, 0.25) is 0 Å². The van der Waals surface area contributed by atoms with Crippen molar-refractivity contribution in [2.75, 3.05) is 6.61 Å². The second-order valence-corrected chi connectivity index (χ2v) is 3.51. The fourth-order valence-electron chi connectivity index (χ4n) is 0.996. The van der Waals surface area contributed by atoms with Crippen LogP contribution < -0.4 is 4.74 Å². The Morgan fingerprint density at radius 2 is 2.06 bits per heavy atom. The zero-order valence-corrected chi connectivity index (χ0v) is 9.02. The SMILES string of the molecule is CC(=O)c1ccc(OCC(F)(F)F)c(Cl)c1. The Labute approximate surface area is 95.0 Å². The Hall–Kier alpha value is -1.23. The first kappa shape index (κ1) is 12.8. The van der Waals surface area contributed by atoms with Crippen LogP contribution in [0.1, 0.15) is 17.3 Å². The van der Waals surface area contributed by atoms with E-state index in [4.69, 9.17) is 11.6 Å². The highest BCUT2D eigenvalue weighted by Gasteiger charge is 2.28. The summed E-state index contributed by atoms with van der Waals surface area (Å²) in [5, 5.41) is -0.0167. The number of hydrogen-bond acceptors (Lipinski definition) is 2. The van der Waals surface area contributed by atoms with Crippen LogP contribution in [0, 0.1) is 0 Å². The van der Waals surface area contributed by atoms with Gasteiger partial charge in [0, 0.05) is 5.56 Å². The van der Waals surface area contributed by atoms with E-state index < -0.39 is 12.8 Å². The first-order valence-corrected chi connectivity index (χ1v) is 4.67. The summed E-state index contributed by atoms with van der Waals surface area (Å²) in [5.74, 6) is -0.312. The molecule has 0 amide bonds. The number of ketones is 1. The zero-order valence-electron chi connectivity index (χ0n) is 8.27. The first-order chi connectivity index (χ1) is 7.29. The predicted octanol–water partition coefficient (Wildman–Crippen LogP) is 3.48. The summed E-state index contributed by atoms with van der Waals surface area (Å²) in [6, 6.07) is 3.88. The van der Waals surface area contributed by atoms with E-state index in [1.807, 2.05) is 0 Å². The van der Waals surface area contributed by atoms with Crippen LogP contribution in [-0.4, -0.2) is 18.6 Å². The number of Topliss-reactive ketones (excluding diaryl/α,β-unsaturated/α-hetero) is 1. The molecule has 16 heavy (non-hydrogen) atoms. The molecule has 0 saturated heterocycles. The van der Waals surface area contributed by atoms with Gasteiger partial charge in [-0.3, -0.25) is 4.79 Å². The molecule has 0 fully saturated rings. The van der Waals surface area contributed by atoms with Crippen molar-refractivity contribution in [1.82, 2.24) is 0 Å². The highest BCUT2D eigenvalue weighted by Crippen LogP contribution is 2.27. The highest BCUT2D eigenvalue weighted by atomic mass is 35.5. The average Bonchev–Trinajstić information content (AvgIpc) is 2.14. The van der Waals surface area contributed by atoms with E-state index in [-0.39, 0.29) is 16.6 Å². The summed E-state index contributed by atoms with van der Waals surface area (Å²) >= 11 is 5.66. The molecule has 0 radical (unpaired) electrons. The van der Waals surface area contributed by atoms with E-state index in [0.29, 0.717) is 5.56 Å². The first-order valence-electron chi connectivity index (χ1n) is 4.29. The number of rotatable bonds is 3. The number of carbonyl (C=O) groups excluding carboxylic acids is 1.